The summed E-state index contributed by atoms with van der Waals surface area (Å²) in [6.45, 7) is 1.99. The molecule has 1 N–H and O–H groups in total. The van der Waals surface area contributed by atoms with E-state index < -0.39 is 40.7 Å². The van der Waals surface area contributed by atoms with E-state index in [0.29, 0.717) is 27.2 Å². The summed E-state index contributed by atoms with van der Waals surface area (Å²) in [6.07, 6.45) is 0. The first-order valence-corrected chi connectivity index (χ1v) is 11.8. The number of carbonyl (C=O) groups is 1. The fraction of sp³-hybridized carbons (Fsp3) is 0.240. The number of anilines is 3. The van der Waals surface area contributed by atoms with Crippen LogP contribution < -0.4 is 19.9 Å². The summed E-state index contributed by atoms with van der Waals surface area (Å²) in [5, 5.41) is 3.57. The normalized spacial score (nSPS) is 13.6. The third-order valence-electron chi connectivity index (χ3n) is 5.85. The van der Waals surface area contributed by atoms with Crippen LogP contribution in [0.3, 0.4) is 0 Å². The molecule has 12 heteroatoms. The maximum Gasteiger partial charge on any atom is 0.262 e. The van der Waals surface area contributed by atoms with Crippen LogP contribution in [0.4, 0.5) is 39.0 Å². The Balaban J connectivity index is 1.37. The van der Waals surface area contributed by atoms with E-state index in [0.717, 1.165) is 10.5 Å². The number of aryl methyl sites for hydroxylation is 1. The number of carbonyl (C=O) groups excluding carboxylic acids is 1. The molecule has 5 nitrogen and oxygen atoms in total. The Labute approximate surface area is 219 Å². The van der Waals surface area contributed by atoms with Crippen molar-refractivity contribution in [1.82, 2.24) is 0 Å². The maximum atomic E-state index is 14.2. The molecule has 0 aliphatic carbocycles. The highest BCUT2D eigenvalue weighted by Crippen LogP contribution is 2.33. The zero-order valence-corrected chi connectivity index (χ0v) is 20.9. The van der Waals surface area contributed by atoms with E-state index in [4.69, 9.17) is 27.9 Å². The molecule has 3 aromatic rings. The monoisotopic (exact) mass is 559 g/mol. The largest absolute Gasteiger partial charge is 0.484 e. The number of halogens is 7. The lowest BCUT2D eigenvalue weighted by Gasteiger charge is -2.38. The van der Waals surface area contributed by atoms with Gasteiger partial charge in [-0.05, 0) is 48.9 Å². The SMILES string of the molecule is Cc1cc(OCC(=O)Nc2ccc(N3CCN(c4c(F)c(F)c(F)c(F)c4F)CC3)c(Cl)c2)ccc1Cl. The van der Waals surface area contributed by atoms with Gasteiger partial charge in [0.1, 0.15) is 11.4 Å². The van der Waals surface area contributed by atoms with Gasteiger partial charge in [0.05, 0.1) is 10.7 Å². The topological polar surface area (TPSA) is 44.8 Å². The van der Waals surface area contributed by atoms with Crippen molar-refractivity contribution in [2.45, 2.75) is 6.92 Å². The molecular formula is C25H20Cl2F5N3O2. The minimum absolute atomic E-state index is 0.00528. The molecular weight excluding hydrogens is 540 g/mol. The number of hydrogen-bond acceptors (Lipinski definition) is 4. The Morgan fingerprint density at radius 1 is 0.838 bits per heavy atom. The van der Waals surface area contributed by atoms with Gasteiger partial charge in [0.25, 0.3) is 5.91 Å². The van der Waals surface area contributed by atoms with E-state index in [9.17, 15) is 26.7 Å². The Kier molecular flexibility index (Phi) is 7.99. The second-order valence-corrected chi connectivity index (χ2v) is 9.12. The minimum atomic E-state index is -2.19. The number of ether oxygens (including phenoxy) is 1. The van der Waals surface area contributed by atoms with Gasteiger partial charge in [-0.1, -0.05) is 23.2 Å². The molecule has 1 saturated heterocycles. The quantitative estimate of drug-likeness (QED) is 0.217. The number of amides is 1. The molecule has 1 aliphatic rings. The van der Waals surface area contributed by atoms with Gasteiger partial charge in [0.15, 0.2) is 29.9 Å². The van der Waals surface area contributed by atoms with Crippen LogP contribution in [0.1, 0.15) is 5.56 Å². The van der Waals surface area contributed by atoms with Crippen LogP contribution in [0.25, 0.3) is 0 Å². The molecule has 0 atom stereocenters. The lowest BCUT2D eigenvalue weighted by Crippen LogP contribution is -2.47. The summed E-state index contributed by atoms with van der Waals surface area (Å²) < 4.78 is 74.3. The summed E-state index contributed by atoms with van der Waals surface area (Å²) in [5.74, 6) is -9.79. The minimum Gasteiger partial charge on any atom is -0.484 e. The van der Waals surface area contributed by atoms with E-state index in [1.807, 2.05) is 11.8 Å². The molecule has 1 heterocycles. The van der Waals surface area contributed by atoms with Gasteiger partial charge in [0, 0.05) is 36.9 Å². The third kappa shape index (κ3) is 5.70. The lowest BCUT2D eigenvalue weighted by atomic mass is 10.2. The van der Waals surface area contributed by atoms with Crippen LogP contribution in [0, 0.1) is 36.0 Å². The van der Waals surface area contributed by atoms with E-state index in [-0.39, 0.29) is 32.8 Å². The van der Waals surface area contributed by atoms with Crippen LogP contribution in [0.5, 0.6) is 5.75 Å². The van der Waals surface area contributed by atoms with Gasteiger partial charge < -0.3 is 19.9 Å². The number of benzene rings is 3. The van der Waals surface area contributed by atoms with Gasteiger partial charge >= 0.3 is 0 Å². The Morgan fingerprint density at radius 3 is 2.03 bits per heavy atom. The molecule has 0 aromatic heterocycles. The van der Waals surface area contributed by atoms with Crippen LogP contribution in [0.2, 0.25) is 10.0 Å². The Bertz CT molecular complexity index is 1320. The molecule has 0 saturated carbocycles. The average molecular weight is 560 g/mol. The molecule has 1 aliphatic heterocycles. The van der Waals surface area contributed by atoms with Crippen LogP contribution >= 0.6 is 23.2 Å². The summed E-state index contributed by atoms with van der Waals surface area (Å²) in [5.41, 5.74) is 0.880. The molecule has 37 heavy (non-hydrogen) atoms. The first kappa shape index (κ1) is 26.8. The fourth-order valence-electron chi connectivity index (χ4n) is 3.94. The molecule has 0 unspecified atom stereocenters. The van der Waals surface area contributed by atoms with Crippen molar-refractivity contribution >= 4 is 46.2 Å². The number of piperazine rings is 1. The van der Waals surface area contributed by atoms with Crippen molar-refractivity contribution in [3.05, 3.63) is 81.1 Å². The third-order valence-corrected chi connectivity index (χ3v) is 6.58. The summed E-state index contributed by atoms with van der Waals surface area (Å²) >= 11 is 12.4. The van der Waals surface area contributed by atoms with Crippen molar-refractivity contribution < 1.29 is 31.5 Å². The fourth-order valence-corrected chi connectivity index (χ4v) is 4.35. The van der Waals surface area contributed by atoms with Crippen molar-refractivity contribution in [1.29, 1.82) is 0 Å². The Hall–Kier alpha value is -3.24. The second-order valence-electron chi connectivity index (χ2n) is 8.31. The zero-order chi connectivity index (χ0) is 26.9. The molecule has 4 rings (SSSR count). The van der Waals surface area contributed by atoms with Crippen molar-refractivity contribution in [3.63, 3.8) is 0 Å². The smallest absolute Gasteiger partial charge is 0.262 e. The first-order valence-electron chi connectivity index (χ1n) is 11.1. The highest BCUT2D eigenvalue weighted by atomic mass is 35.5. The average Bonchev–Trinajstić information content (AvgIpc) is 2.88. The highest BCUT2D eigenvalue weighted by Gasteiger charge is 2.31. The summed E-state index contributed by atoms with van der Waals surface area (Å²) in [6, 6.07) is 9.87. The molecule has 196 valence electrons. The van der Waals surface area contributed by atoms with E-state index in [1.54, 1.807) is 30.3 Å². The molecule has 0 spiro atoms. The number of rotatable bonds is 6. The number of nitrogens with one attached hydrogen (secondary N) is 1. The van der Waals surface area contributed by atoms with Gasteiger partial charge in [-0.25, -0.2) is 22.0 Å². The standard InChI is InChI=1S/C25H20Cl2F5N3O2/c1-13-10-15(3-4-16(13)26)37-12-19(36)33-14-2-5-18(17(27)11-14)34-6-8-35(9-7-34)25-23(31)21(29)20(28)22(30)24(25)32/h2-5,10-11H,6-9,12H2,1H3,(H,33,36). The van der Waals surface area contributed by atoms with Gasteiger partial charge in [-0.2, -0.15) is 0 Å². The maximum absolute atomic E-state index is 14.2. The molecule has 0 radical (unpaired) electrons. The van der Waals surface area contributed by atoms with Crippen LogP contribution in [-0.4, -0.2) is 38.7 Å². The Morgan fingerprint density at radius 2 is 1.43 bits per heavy atom. The van der Waals surface area contributed by atoms with Crippen molar-refractivity contribution in [3.8, 4) is 5.75 Å². The second kappa shape index (κ2) is 11.0. The summed E-state index contributed by atoms with van der Waals surface area (Å²) in [7, 11) is 0. The van der Waals surface area contributed by atoms with Crippen molar-refractivity contribution in [2.75, 3.05) is 47.9 Å². The zero-order valence-electron chi connectivity index (χ0n) is 19.4. The predicted molar refractivity (Wildman–Crippen MR) is 132 cm³/mol. The van der Waals surface area contributed by atoms with Crippen LogP contribution in [-0.2, 0) is 4.79 Å². The molecule has 3 aromatic carbocycles. The number of hydrogen-bond donors (Lipinski definition) is 1. The van der Waals surface area contributed by atoms with E-state index in [2.05, 4.69) is 5.32 Å². The van der Waals surface area contributed by atoms with Gasteiger partial charge in [-0.3, -0.25) is 4.79 Å². The predicted octanol–water partition coefficient (Wildman–Crippen LogP) is 6.34. The van der Waals surface area contributed by atoms with E-state index >= 15 is 0 Å². The lowest BCUT2D eigenvalue weighted by molar-refractivity contribution is -0.118. The number of nitrogens with zero attached hydrogens (tertiary/aromatic N) is 2. The molecule has 0 bridgehead atoms. The molecule has 1 fully saturated rings. The first-order chi connectivity index (χ1) is 17.6. The highest BCUT2D eigenvalue weighted by molar-refractivity contribution is 6.33. The van der Waals surface area contributed by atoms with Gasteiger partial charge in [-0.15, -0.1) is 0 Å². The van der Waals surface area contributed by atoms with E-state index in [1.165, 1.54) is 6.07 Å². The van der Waals surface area contributed by atoms with Crippen molar-refractivity contribution in [2.24, 2.45) is 0 Å². The summed E-state index contributed by atoms with van der Waals surface area (Å²) in [4.78, 5) is 15.2. The molecule has 1 amide bonds. The van der Waals surface area contributed by atoms with Crippen LogP contribution in [0.15, 0.2) is 36.4 Å². The van der Waals surface area contributed by atoms with Gasteiger partial charge in [0.2, 0.25) is 5.82 Å².